The van der Waals surface area contributed by atoms with E-state index in [1.807, 2.05) is 0 Å². The largest absolute Gasteiger partial charge is 0.409 e. The molecule has 0 saturated heterocycles. The molecular formula is C11H23N3O2. The summed E-state index contributed by atoms with van der Waals surface area (Å²) in [5.41, 5.74) is 5.47. The fourth-order valence-electron chi connectivity index (χ4n) is 1.79. The average molecular weight is 229 g/mol. The summed E-state index contributed by atoms with van der Waals surface area (Å²) in [7, 11) is 1.73. The van der Waals surface area contributed by atoms with Crippen LogP contribution in [0.3, 0.4) is 0 Å². The third-order valence-corrected chi connectivity index (χ3v) is 2.89. The van der Waals surface area contributed by atoms with E-state index in [1.165, 1.54) is 12.8 Å². The SMILES string of the molecule is COCCCCN(CCC(N)=NO)C1CC1. The summed E-state index contributed by atoms with van der Waals surface area (Å²) in [5.74, 6) is 0.322. The molecule has 1 aliphatic carbocycles. The Labute approximate surface area is 97.2 Å². The maximum atomic E-state index is 8.48. The number of rotatable bonds is 9. The maximum absolute atomic E-state index is 8.48. The molecule has 1 saturated carbocycles. The van der Waals surface area contributed by atoms with Gasteiger partial charge >= 0.3 is 0 Å². The summed E-state index contributed by atoms with van der Waals surface area (Å²) in [5, 5.41) is 11.5. The molecule has 1 aliphatic rings. The fraction of sp³-hybridized carbons (Fsp3) is 0.909. The molecule has 3 N–H and O–H groups in total. The van der Waals surface area contributed by atoms with Crippen LogP contribution in [0, 0.1) is 0 Å². The average Bonchev–Trinajstić information content (AvgIpc) is 3.11. The summed E-state index contributed by atoms with van der Waals surface area (Å²) in [6.07, 6.45) is 5.49. The maximum Gasteiger partial charge on any atom is 0.140 e. The minimum Gasteiger partial charge on any atom is -0.409 e. The molecule has 16 heavy (non-hydrogen) atoms. The Kier molecular flexibility index (Phi) is 6.18. The number of methoxy groups -OCH3 is 1. The van der Waals surface area contributed by atoms with Crippen LogP contribution in [0.5, 0.6) is 0 Å². The molecule has 0 atom stereocenters. The molecular weight excluding hydrogens is 206 g/mol. The quantitative estimate of drug-likeness (QED) is 0.203. The number of hydrogen-bond donors (Lipinski definition) is 2. The van der Waals surface area contributed by atoms with Crippen LogP contribution in [0.25, 0.3) is 0 Å². The molecule has 0 amide bonds. The second kappa shape index (κ2) is 7.46. The van der Waals surface area contributed by atoms with Gasteiger partial charge in [0.1, 0.15) is 5.84 Å². The van der Waals surface area contributed by atoms with Crippen molar-refractivity contribution in [3.8, 4) is 0 Å². The summed E-state index contributed by atoms with van der Waals surface area (Å²) < 4.78 is 5.02. The van der Waals surface area contributed by atoms with Gasteiger partial charge in [-0.25, -0.2) is 0 Å². The lowest BCUT2D eigenvalue weighted by atomic mass is 10.2. The van der Waals surface area contributed by atoms with E-state index >= 15 is 0 Å². The topological polar surface area (TPSA) is 71.1 Å². The second-order valence-corrected chi connectivity index (χ2v) is 4.31. The van der Waals surface area contributed by atoms with Crippen LogP contribution in [-0.2, 0) is 4.74 Å². The second-order valence-electron chi connectivity index (χ2n) is 4.31. The summed E-state index contributed by atoms with van der Waals surface area (Å²) in [6.45, 7) is 2.82. The van der Waals surface area contributed by atoms with Crippen molar-refractivity contribution in [1.29, 1.82) is 0 Å². The molecule has 94 valence electrons. The minimum atomic E-state index is 0.322. The van der Waals surface area contributed by atoms with Crippen molar-refractivity contribution in [2.24, 2.45) is 10.9 Å². The van der Waals surface area contributed by atoms with Crippen LogP contribution < -0.4 is 5.73 Å². The third-order valence-electron chi connectivity index (χ3n) is 2.89. The lowest BCUT2D eigenvalue weighted by Gasteiger charge is -2.21. The molecule has 0 bridgehead atoms. The Hall–Kier alpha value is -0.810. The first-order valence-electron chi connectivity index (χ1n) is 5.97. The van der Waals surface area contributed by atoms with E-state index in [9.17, 15) is 0 Å². The first kappa shape index (κ1) is 13.3. The molecule has 0 radical (unpaired) electrons. The number of ether oxygens (including phenoxy) is 1. The number of oxime groups is 1. The highest BCUT2D eigenvalue weighted by molar-refractivity contribution is 5.79. The molecule has 0 aromatic carbocycles. The number of amidine groups is 1. The van der Waals surface area contributed by atoms with Crippen molar-refractivity contribution in [2.75, 3.05) is 26.8 Å². The van der Waals surface area contributed by atoms with Crippen LogP contribution in [-0.4, -0.2) is 48.8 Å². The van der Waals surface area contributed by atoms with Gasteiger partial charge in [0.15, 0.2) is 0 Å². The van der Waals surface area contributed by atoms with Gasteiger partial charge in [-0.05, 0) is 32.2 Å². The van der Waals surface area contributed by atoms with Crippen molar-refractivity contribution >= 4 is 5.84 Å². The predicted molar refractivity (Wildman–Crippen MR) is 63.7 cm³/mol. The molecule has 5 heteroatoms. The van der Waals surface area contributed by atoms with Crippen molar-refractivity contribution in [3.63, 3.8) is 0 Å². The van der Waals surface area contributed by atoms with Crippen molar-refractivity contribution in [1.82, 2.24) is 4.90 Å². The molecule has 0 spiro atoms. The predicted octanol–water partition coefficient (Wildman–Crippen LogP) is 1.01. The first-order chi connectivity index (χ1) is 7.77. The molecule has 0 aromatic rings. The van der Waals surface area contributed by atoms with Crippen molar-refractivity contribution in [2.45, 2.75) is 38.1 Å². The molecule has 1 rings (SSSR count). The number of nitrogens with two attached hydrogens (primary N) is 1. The lowest BCUT2D eigenvalue weighted by Crippen LogP contribution is -2.31. The smallest absolute Gasteiger partial charge is 0.140 e. The Bertz CT molecular complexity index is 217. The van der Waals surface area contributed by atoms with Gasteiger partial charge in [0.2, 0.25) is 0 Å². The standard InChI is InChI=1S/C11H23N3O2/c1-16-9-3-2-7-14(10-4-5-10)8-6-11(12)13-15/h10,15H,2-9H2,1H3,(H2,12,13). The number of hydrogen-bond acceptors (Lipinski definition) is 4. The highest BCUT2D eigenvalue weighted by Gasteiger charge is 2.28. The van der Waals surface area contributed by atoms with Gasteiger partial charge in [-0.1, -0.05) is 5.16 Å². The van der Waals surface area contributed by atoms with Crippen molar-refractivity contribution < 1.29 is 9.94 Å². The van der Waals surface area contributed by atoms with E-state index in [0.29, 0.717) is 12.3 Å². The van der Waals surface area contributed by atoms with Gasteiger partial charge in [-0.3, -0.25) is 4.90 Å². The number of nitrogens with zero attached hydrogens (tertiary/aromatic N) is 2. The van der Waals surface area contributed by atoms with Gasteiger partial charge in [-0.2, -0.15) is 0 Å². The molecule has 0 aliphatic heterocycles. The monoisotopic (exact) mass is 229 g/mol. The fourth-order valence-corrected chi connectivity index (χ4v) is 1.79. The Morgan fingerprint density at radius 2 is 2.19 bits per heavy atom. The Balaban J connectivity index is 2.15. The van der Waals surface area contributed by atoms with E-state index < -0.39 is 0 Å². The normalized spacial score (nSPS) is 17.0. The van der Waals surface area contributed by atoms with Gasteiger partial charge < -0.3 is 15.7 Å². The summed E-state index contributed by atoms with van der Waals surface area (Å²) >= 11 is 0. The van der Waals surface area contributed by atoms with Crippen LogP contribution in [0.4, 0.5) is 0 Å². The molecule has 0 unspecified atom stereocenters. The Morgan fingerprint density at radius 1 is 1.44 bits per heavy atom. The first-order valence-corrected chi connectivity index (χ1v) is 5.97. The van der Waals surface area contributed by atoms with E-state index in [1.54, 1.807) is 7.11 Å². The summed E-state index contributed by atoms with van der Waals surface area (Å²) in [6, 6.07) is 0.731. The van der Waals surface area contributed by atoms with E-state index in [4.69, 9.17) is 15.7 Å². The molecule has 1 fully saturated rings. The van der Waals surface area contributed by atoms with Gasteiger partial charge in [0.05, 0.1) is 0 Å². The van der Waals surface area contributed by atoms with E-state index in [2.05, 4.69) is 10.1 Å². The molecule has 0 aromatic heterocycles. The van der Waals surface area contributed by atoms with E-state index in [-0.39, 0.29) is 0 Å². The zero-order valence-corrected chi connectivity index (χ0v) is 10.1. The molecule has 0 heterocycles. The highest BCUT2D eigenvalue weighted by Crippen LogP contribution is 2.27. The zero-order valence-electron chi connectivity index (χ0n) is 10.1. The van der Waals surface area contributed by atoms with Crippen molar-refractivity contribution in [3.05, 3.63) is 0 Å². The zero-order chi connectivity index (χ0) is 11.8. The molecule has 5 nitrogen and oxygen atoms in total. The van der Waals surface area contributed by atoms with Gasteiger partial charge in [-0.15, -0.1) is 0 Å². The van der Waals surface area contributed by atoms with E-state index in [0.717, 1.165) is 38.6 Å². The third kappa shape index (κ3) is 5.32. The van der Waals surface area contributed by atoms with Crippen LogP contribution in [0.15, 0.2) is 5.16 Å². The lowest BCUT2D eigenvalue weighted by molar-refractivity contribution is 0.182. The minimum absolute atomic E-state index is 0.322. The van der Waals surface area contributed by atoms with Gasteiger partial charge in [0.25, 0.3) is 0 Å². The van der Waals surface area contributed by atoms with Crippen LogP contribution in [0.1, 0.15) is 32.1 Å². The van der Waals surface area contributed by atoms with Gasteiger partial charge in [0, 0.05) is 32.7 Å². The Morgan fingerprint density at radius 3 is 2.75 bits per heavy atom. The van der Waals surface area contributed by atoms with Crippen LogP contribution >= 0.6 is 0 Å². The highest BCUT2D eigenvalue weighted by atomic mass is 16.5. The summed E-state index contributed by atoms with van der Waals surface area (Å²) in [4.78, 5) is 2.44. The number of unbranched alkanes of at least 4 members (excludes halogenated alkanes) is 1. The van der Waals surface area contributed by atoms with Crippen LogP contribution in [0.2, 0.25) is 0 Å².